The van der Waals surface area contributed by atoms with Crippen molar-refractivity contribution in [3.8, 4) is 11.6 Å². The monoisotopic (exact) mass is 294 g/mol. The second-order valence-corrected chi connectivity index (χ2v) is 4.39. The van der Waals surface area contributed by atoms with Crippen molar-refractivity contribution in [2.45, 2.75) is 13.0 Å². The van der Waals surface area contributed by atoms with Gasteiger partial charge in [-0.3, -0.25) is 0 Å². The van der Waals surface area contributed by atoms with E-state index in [-0.39, 0.29) is 6.61 Å². The number of pyridine rings is 1. The van der Waals surface area contributed by atoms with Crippen LogP contribution < -0.4 is 15.2 Å². The van der Waals surface area contributed by atoms with Gasteiger partial charge in [-0.2, -0.15) is 0 Å². The third-order valence-corrected chi connectivity index (χ3v) is 2.85. The highest BCUT2D eigenvalue weighted by Gasteiger charge is 2.13. The van der Waals surface area contributed by atoms with Crippen molar-refractivity contribution in [2.75, 3.05) is 13.7 Å². The minimum absolute atomic E-state index is 0.0543. The number of nitrogens with zero attached hydrogens (tertiary/aromatic N) is 1. The molecule has 0 aliphatic rings. The number of ether oxygens (including phenoxy) is 2. The molecule has 2 rings (SSSR count). The zero-order valence-corrected chi connectivity index (χ0v) is 11.6. The molecule has 0 aliphatic heterocycles. The molecule has 0 spiro atoms. The van der Waals surface area contributed by atoms with Crippen molar-refractivity contribution in [3.63, 3.8) is 0 Å². The summed E-state index contributed by atoms with van der Waals surface area (Å²) in [7, 11) is 1.49. The number of halogens is 2. The number of hydrogen-bond acceptors (Lipinski definition) is 4. The van der Waals surface area contributed by atoms with Crippen LogP contribution in [0.15, 0.2) is 30.3 Å². The number of benzene rings is 1. The van der Waals surface area contributed by atoms with Crippen molar-refractivity contribution >= 4 is 0 Å². The molecule has 0 bridgehead atoms. The molecule has 0 fully saturated rings. The molecule has 1 aromatic heterocycles. The fourth-order valence-electron chi connectivity index (χ4n) is 1.86. The molecule has 2 N–H and O–H groups in total. The highest BCUT2D eigenvalue weighted by molar-refractivity contribution is 5.31. The summed E-state index contributed by atoms with van der Waals surface area (Å²) in [6, 6.07) is 7.53. The van der Waals surface area contributed by atoms with Crippen molar-refractivity contribution in [3.05, 3.63) is 53.2 Å². The van der Waals surface area contributed by atoms with Crippen LogP contribution in [0.3, 0.4) is 0 Å². The number of nitrogens with two attached hydrogens (primary N) is 1. The highest BCUT2D eigenvalue weighted by atomic mass is 19.1. The zero-order valence-electron chi connectivity index (χ0n) is 11.6. The Hall–Kier alpha value is -2.21. The zero-order chi connectivity index (χ0) is 15.2. The lowest BCUT2D eigenvalue weighted by Gasteiger charge is -2.10. The third kappa shape index (κ3) is 3.88. The summed E-state index contributed by atoms with van der Waals surface area (Å²) in [5.74, 6) is -1.50. The maximum Gasteiger partial charge on any atom is 0.213 e. The van der Waals surface area contributed by atoms with Crippen LogP contribution in [0.2, 0.25) is 0 Å². The minimum atomic E-state index is -0.749. The van der Waals surface area contributed by atoms with Gasteiger partial charge in [0.2, 0.25) is 5.88 Å². The summed E-state index contributed by atoms with van der Waals surface area (Å²) in [6.07, 6.45) is 0.408. The minimum Gasteiger partial charge on any atom is -0.481 e. The van der Waals surface area contributed by atoms with Crippen LogP contribution in [0.25, 0.3) is 0 Å². The Morgan fingerprint density at radius 3 is 2.52 bits per heavy atom. The number of rotatable bonds is 6. The predicted molar refractivity (Wildman–Crippen MR) is 74.2 cm³/mol. The molecule has 0 saturated heterocycles. The van der Waals surface area contributed by atoms with Gasteiger partial charge in [-0.25, -0.2) is 13.8 Å². The molecular weight excluding hydrogens is 278 g/mol. The van der Waals surface area contributed by atoms with Crippen LogP contribution in [0.5, 0.6) is 11.6 Å². The number of aromatic nitrogens is 1. The largest absolute Gasteiger partial charge is 0.481 e. The fraction of sp³-hybridized carbons (Fsp3) is 0.267. The van der Waals surface area contributed by atoms with Crippen molar-refractivity contribution in [1.29, 1.82) is 0 Å². The molecule has 0 radical (unpaired) electrons. The van der Waals surface area contributed by atoms with Gasteiger partial charge < -0.3 is 15.2 Å². The van der Waals surface area contributed by atoms with Crippen LogP contribution in [-0.4, -0.2) is 18.6 Å². The van der Waals surface area contributed by atoms with E-state index in [2.05, 4.69) is 4.98 Å². The van der Waals surface area contributed by atoms with E-state index in [9.17, 15) is 8.78 Å². The summed E-state index contributed by atoms with van der Waals surface area (Å²) >= 11 is 0. The average Bonchev–Trinajstić information content (AvgIpc) is 2.47. The van der Waals surface area contributed by atoms with E-state index in [0.717, 1.165) is 0 Å². The van der Waals surface area contributed by atoms with E-state index < -0.39 is 17.4 Å². The smallest absolute Gasteiger partial charge is 0.213 e. The summed E-state index contributed by atoms with van der Waals surface area (Å²) < 4.78 is 37.8. The Balaban J connectivity index is 2.12. The van der Waals surface area contributed by atoms with Gasteiger partial charge >= 0.3 is 0 Å². The van der Waals surface area contributed by atoms with Gasteiger partial charge in [0.05, 0.1) is 12.8 Å². The molecule has 1 aromatic carbocycles. The standard InChI is InChI=1S/C15H16F2N2O2/c1-20-14-4-2-3-11(19-14)9-21-15-12(16)7-10(5-6-18)8-13(15)17/h2-4,7-8H,5-6,9,18H2,1H3. The first kappa shape index (κ1) is 15.2. The van der Waals surface area contributed by atoms with Gasteiger partial charge in [-0.15, -0.1) is 0 Å². The van der Waals surface area contributed by atoms with E-state index in [1.54, 1.807) is 18.2 Å². The lowest BCUT2D eigenvalue weighted by molar-refractivity contribution is 0.268. The van der Waals surface area contributed by atoms with E-state index in [4.69, 9.17) is 15.2 Å². The van der Waals surface area contributed by atoms with Crippen LogP contribution in [0, 0.1) is 11.6 Å². The predicted octanol–water partition coefficient (Wildman–Crippen LogP) is 2.45. The van der Waals surface area contributed by atoms with E-state index in [0.29, 0.717) is 30.1 Å². The van der Waals surface area contributed by atoms with Crippen molar-refractivity contribution in [2.24, 2.45) is 5.73 Å². The van der Waals surface area contributed by atoms with Gasteiger partial charge in [-0.1, -0.05) is 6.07 Å². The van der Waals surface area contributed by atoms with Gasteiger partial charge in [0, 0.05) is 6.07 Å². The summed E-state index contributed by atoms with van der Waals surface area (Å²) in [5.41, 5.74) is 6.38. The number of methoxy groups -OCH3 is 1. The summed E-state index contributed by atoms with van der Waals surface area (Å²) in [5, 5.41) is 0. The van der Waals surface area contributed by atoms with E-state index in [1.807, 2.05) is 0 Å². The summed E-state index contributed by atoms with van der Waals surface area (Å²) in [6.45, 7) is 0.272. The Morgan fingerprint density at radius 1 is 1.19 bits per heavy atom. The van der Waals surface area contributed by atoms with Crippen LogP contribution in [0.1, 0.15) is 11.3 Å². The number of hydrogen-bond donors (Lipinski definition) is 1. The molecule has 4 nitrogen and oxygen atoms in total. The topological polar surface area (TPSA) is 57.4 Å². The molecule has 21 heavy (non-hydrogen) atoms. The van der Waals surface area contributed by atoms with Crippen molar-refractivity contribution in [1.82, 2.24) is 4.98 Å². The molecule has 112 valence electrons. The molecule has 0 atom stereocenters. The molecule has 1 heterocycles. The second kappa shape index (κ2) is 6.99. The first-order chi connectivity index (χ1) is 10.1. The molecule has 2 aromatic rings. The average molecular weight is 294 g/mol. The molecule has 0 unspecified atom stereocenters. The van der Waals surface area contributed by atoms with Crippen LogP contribution in [-0.2, 0) is 13.0 Å². The molecular formula is C15H16F2N2O2. The first-order valence-electron chi connectivity index (χ1n) is 6.44. The van der Waals surface area contributed by atoms with E-state index >= 15 is 0 Å². The van der Waals surface area contributed by atoms with Gasteiger partial charge in [0.15, 0.2) is 17.4 Å². The first-order valence-corrected chi connectivity index (χ1v) is 6.44. The van der Waals surface area contributed by atoms with Crippen LogP contribution >= 0.6 is 0 Å². The van der Waals surface area contributed by atoms with Gasteiger partial charge in [0.25, 0.3) is 0 Å². The van der Waals surface area contributed by atoms with Crippen LogP contribution in [0.4, 0.5) is 8.78 Å². The maximum absolute atomic E-state index is 13.8. The molecule has 0 saturated carbocycles. The van der Waals surface area contributed by atoms with Crippen molar-refractivity contribution < 1.29 is 18.3 Å². The Kier molecular flexibility index (Phi) is 5.05. The summed E-state index contributed by atoms with van der Waals surface area (Å²) in [4.78, 5) is 4.10. The quantitative estimate of drug-likeness (QED) is 0.889. The Bertz CT molecular complexity index is 597. The molecule has 0 amide bonds. The second-order valence-electron chi connectivity index (χ2n) is 4.39. The third-order valence-electron chi connectivity index (χ3n) is 2.85. The van der Waals surface area contributed by atoms with Gasteiger partial charge in [-0.05, 0) is 36.7 Å². The lowest BCUT2D eigenvalue weighted by atomic mass is 10.1. The maximum atomic E-state index is 13.8. The molecule has 6 heteroatoms. The van der Waals surface area contributed by atoms with E-state index in [1.165, 1.54) is 19.2 Å². The van der Waals surface area contributed by atoms with Gasteiger partial charge in [0.1, 0.15) is 6.61 Å². The fourth-order valence-corrected chi connectivity index (χ4v) is 1.86. The Labute approximate surface area is 121 Å². The normalized spacial score (nSPS) is 10.5. The SMILES string of the molecule is COc1cccc(COc2c(F)cc(CCN)cc2F)n1. The molecule has 0 aliphatic carbocycles. The Morgan fingerprint density at radius 2 is 1.90 bits per heavy atom. The highest BCUT2D eigenvalue weighted by Crippen LogP contribution is 2.24. The lowest BCUT2D eigenvalue weighted by Crippen LogP contribution is -2.06.